The maximum Gasteiger partial charge on any atom is 0.326 e. The van der Waals surface area contributed by atoms with Crippen molar-refractivity contribution >= 4 is 52.2 Å². The minimum absolute atomic E-state index is 0.00876. The average Bonchev–Trinajstić information content (AvgIpc) is 3.64. The Morgan fingerprint density at radius 1 is 0.941 bits per heavy atom. The Bertz CT molecular complexity index is 1950. The van der Waals surface area contributed by atoms with Gasteiger partial charge in [0.2, 0.25) is 5.78 Å². The Balaban J connectivity index is 1.45. The van der Waals surface area contributed by atoms with E-state index in [2.05, 4.69) is 44.5 Å². The second-order valence-corrected chi connectivity index (χ2v) is 16.2. The van der Waals surface area contributed by atoms with Crippen molar-refractivity contribution in [1.29, 1.82) is 0 Å². The van der Waals surface area contributed by atoms with Crippen molar-refractivity contribution in [3.05, 3.63) is 109 Å². The summed E-state index contributed by atoms with van der Waals surface area (Å²) in [5, 5.41) is 3.59. The van der Waals surface area contributed by atoms with Gasteiger partial charge in [-0.05, 0) is 63.1 Å². The molecule has 0 saturated carbocycles. The van der Waals surface area contributed by atoms with Crippen LogP contribution in [0.5, 0.6) is 5.75 Å². The van der Waals surface area contributed by atoms with Crippen molar-refractivity contribution in [2.45, 2.75) is 65.0 Å². The van der Waals surface area contributed by atoms with E-state index in [1.165, 1.54) is 11.3 Å². The number of urea groups is 1. The van der Waals surface area contributed by atoms with Crippen LogP contribution in [0.15, 0.2) is 71.2 Å². The number of aryl methyl sites for hydroxylation is 1. The highest BCUT2D eigenvalue weighted by molar-refractivity contribution is 7.11. The Labute approximate surface area is 314 Å². The van der Waals surface area contributed by atoms with Gasteiger partial charge in [0.05, 0.1) is 18.7 Å². The van der Waals surface area contributed by atoms with E-state index in [9.17, 15) is 4.79 Å². The molecule has 2 amide bonds. The number of Topliss-reactive ketones (excluding diaryl/α,β-unsaturated/α-hetero) is 1. The molecule has 2 aliphatic rings. The molecular weight excluding hydrogens is 703 g/mol. The summed E-state index contributed by atoms with van der Waals surface area (Å²) in [6.07, 6.45) is 1.78. The number of rotatable bonds is 8. The number of pyridine rings is 1. The lowest BCUT2D eigenvalue weighted by atomic mass is 9.71. The molecule has 2 atom stereocenters. The van der Waals surface area contributed by atoms with E-state index in [1.807, 2.05) is 83.6 Å². The molecule has 1 fully saturated rings. The number of aromatic nitrogens is 2. The average molecular weight is 748 g/mol. The normalized spacial score (nSPS) is 21.2. The molecule has 4 heterocycles. The highest BCUT2D eigenvalue weighted by Crippen LogP contribution is 2.54. The third-order valence-corrected chi connectivity index (χ3v) is 11.5. The predicted octanol–water partition coefficient (Wildman–Crippen LogP) is 8.36. The van der Waals surface area contributed by atoms with Gasteiger partial charge in [-0.15, -0.1) is 11.3 Å². The van der Waals surface area contributed by atoms with Gasteiger partial charge in [-0.2, -0.15) is 0 Å². The molecule has 0 N–H and O–H groups in total. The molecule has 0 radical (unpaired) electrons. The Kier molecular flexibility index (Phi) is 10.4. The molecule has 1 saturated heterocycles. The Hall–Kier alpha value is -3.83. The van der Waals surface area contributed by atoms with Gasteiger partial charge in [-0.3, -0.25) is 24.6 Å². The summed E-state index contributed by atoms with van der Waals surface area (Å²) in [7, 11) is 0. The molecule has 12 heteroatoms. The van der Waals surface area contributed by atoms with Crippen LogP contribution >= 0.6 is 34.5 Å². The fourth-order valence-corrected chi connectivity index (χ4v) is 7.83. The van der Waals surface area contributed by atoms with Gasteiger partial charge in [0.1, 0.15) is 22.7 Å². The first-order valence-electron chi connectivity index (χ1n) is 17.2. The number of hydrogen-bond acceptors (Lipinski definition) is 8. The maximum absolute atomic E-state index is 15.2. The molecule has 0 bridgehead atoms. The molecule has 0 aliphatic carbocycles. The molecular formula is C39H44Cl2N6O3S. The number of carbonyl (C=O) groups excluding carboxylic acids is 2. The largest absolute Gasteiger partial charge is 0.493 e. The van der Waals surface area contributed by atoms with E-state index in [1.54, 1.807) is 6.20 Å². The molecule has 2 aliphatic heterocycles. The number of ether oxygens (including phenoxy) is 1. The lowest BCUT2D eigenvalue weighted by Gasteiger charge is -2.47. The highest BCUT2D eigenvalue weighted by atomic mass is 35.5. The molecule has 268 valence electrons. The molecule has 0 unspecified atom stereocenters. The fourth-order valence-electron chi connectivity index (χ4n) is 6.85. The Morgan fingerprint density at radius 2 is 1.55 bits per heavy atom. The lowest BCUT2D eigenvalue weighted by Crippen LogP contribution is -2.61. The van der Waals surface area contributed by atoms with Gasteiger partial charge in [0.25, 0.3) is 0 Å². The van der Waals surface area contributed by atoms with Crippen molar-refractivity contribution in [3.63, 3.8) is 0 Å². The predicted molar refractivity (Wildman–Crippen MR) is 205 cm³/mol. The summed E-state index contributed by atoms with van der Waals surface area (Å²) < 4.78 is 6.28. The number of carbonyl (C=O) groups is 2. The van der Waals surface area contributed by atoms with Crippen molar-refractivity contribution in [2.75, 3.05) is 39.3 Å². The summed E-state index contributed by atoms with van der Waals surface area (Å²) in [6, 6.07) is 17.0. The van der Waals surface area contributed by atoms with Gasteiger partial charge >= 0.3 is 6.03 Å². The van der Waals surface area contributed by atoms with Crippen molar-refractivity contribution in [3.8, 4) is 5.75 Å². The van der Waals surface area contributed by atoms with Gasteiger partial charge in [-0.1, -0.05) is 68.2 Å². The number of nitrogens with zero attached hydrogens (tertiary/aromatic N) is 6. The van der Waals surface area contributed by atoms with E-state index in [-0.39, 0.29) is 23.8 Å². The summed E-state index contributed by atoms with van der Waals surface area (Å²) in [5.74, 6) is 1.06. The smallest absolute Gasteiger partial charge is 0.326 e. The van der Waals surface area contributed by atoms with Gasteiger partial charge in [-0.25, -0.2) is 9.78 Å². The number of amides is 2. The SMILES string of the molecule is CCOc1cc(C(C)(C)C)ncc1C1=N[C@@](C)(c2ccc(Cl)cc2)[C@@](C)(c2ccc(Cl)cc2)N1C(=O)N1CCN(CC(=O)c2nc(C)cs2)CC1. The van der Waals surface area contributed by atoms with Crippen LogP contribution in [0.4, 0.5) is 4.79 Å². The van der Waals surface area contributed by atoms with Gasteiger partial charge in [0, 0.05) is 70.7 Å². The second kappa shape index (κ2) is 14.3. The zero-order valence-corrected chi connectivity index (χ0v) is 32.5. The van der Waals surface area contributed by atoms with E-state index in [0.29, 0.717) is 65.0 Å². The topological polar surface area (TPSA) is 91.2 Å². The van der Waals surface area contributed by atoms with E-state index < -0.39 is 11.1 Å². The third kappa shape index (κ3) is 7.03. The number of thiazole rings is 1. The van der Waals surface area contributed by atoms with Gasteiger partial charge in [0.15, 0.2) is 5.01 Å². The monoisotopic (exact) mass is 746 g/mol. The fraction of sp³-hybridized carbons (Fsp3) is 0.410. The van der Waals surface area contributed by atoms with Crippen LogP contribution in [0.2, 0.25) is 10.0 Å². The maximum atomic E-state index is 15.2. The third-order valence-electron chi connectivity index (χ3n) is 9.98. The van der Waals surface area contributed by atoms with Crippen LogP contribution < -0.4 is 4.74 Å². The zero-order chi connectivity index (χ0) is 36.7. The summed E-state index contributed by atoms with van der Waals surface area (Å²) in [4.78, 5) is 48.7. The van der Waals surface area contributed by atoms with Crippen LogP contribution in [0.3, 0.4) is 0 Å². The second-order valence-electron chi connectivity index (χ2n) is 14.4. The van der Waals surface area contributed by atoms with Crippen LogP contribution in [0.25, 0.3) is 0 Å². The first kappa shape index (κ1) is 36.9. The highest BCUT2D eigenvalue weighted by Gasteiger charge is 2.60. The summed E-state index contributed by atoms with van der Waals surface area (Å²) >= 11 is 14.2. The van der Waals surface area contributed by atoms with Gasteiger partial charge < -0.3 is 9.64 Å². The van der Waals surface area contributed by atoms with E-state index >= 15 is 4.79 Å². The number of halogens is 2. The van der Waals surface area contributed by atoms with Crippen LogP contribution in [-0.4, -0.2) is 81.6 Å². The number of benzene rings is 2. The van der Waals surface area contributed by atoms with Crippen molar-refractivity contribution < 1.29 is 14.3 Å². The quantitative estimate of drug-likeness (QED) is 0.168. The standard InChI is InChI=1S/C39H44Cl2N6O3S/c1-8-50-32-21-33(37(3,4)5)42-22-30(32)34-44-38(6,26-9-13-28(40)14-10-26)39(7,27-11-15-29(41)16-12-27)47(34)36(49)46-19-17-45(18-20-46)23-31(48)35-43-25(2)24-51-35/h9-16,21-22,24H,8,17-20,23H2,1-7H3/t38-,39+/m0/s1. The molecule has 0 spiro atoms. The lowest BCUT2D eigenvalue weighted by molar-refractivity contribution is 0.0781. The minimum Gasteiger partial charge on any atom is -0.493 e. The molecule has 2 aromatic heterocycles. The molecule has 51 heavy (non-hydrogen) atoms. The van der Waals surface area contributed by atoms with Crippen molar-refractivity contribution in [1.82, 2.24) is 24.7 Å². The molecule has 6 rings (SSSR count). The summed E-state index contributed by atoms with van der Waals surface area (Å²) in [6.45, 7) is 16.9. The van der Waals surface area contributed by atoms with E-state index in [4.69, 9.17) is 37.9 Å². The molecule has 9 nitrogen and oxygen atoms in total. The van der Waals surface area contributed by atoms with E-state index in [0.717, 1.165) is 22.5 Å². The van der Waals surface area contributed by atoms with Crippen LogP contribution in [0, 0.1) is 6.92 Å². The molecule has 4 aromatic rings. The number of hydrogen-bond donors (Lipinski definition) is 0. The van der Waals surface area contributed by atoms with Crippen molar-refractivity contribution in [2.24, 2.45) is 4.99 Å². The first-order valence-corrected chi connectivity index (χ1v) is 18.8. The minimum atomic E-state index is -1.04. The zero-order valence-electron chi connectivity index (χ0n) is 30.2. The number of ketones is 1. The van der Waals surface area contributed by atoms with Crippen LogP contribution in [0.1, 0.15) is 79.4 Å². The first-order chi connectivity index (χ1) is 24.2. The summed E-state index contributed by atoms with van der Waals surface area (Å²) in [5.41, 5.74) is 1.82. The number of amidine groups is 1. The number of aliphatic imine (C=N–C) groups is 1. The molecule has 2 aromatic carbocycles. The number of piperazine rings is 1. The van der Waals surface area contributed by atoms with Crippen LogP contribution in [-0.2, 0) is 16.5 Å². The Morgan fingerprint density at radius 3 is 2.10 bits per heavy atom.